The van der Waals surface area contributed by atoms with Gasteiger partial charge in [-0.3, -0.25) is 0 Å². The van der Waals surface area contributed by atoms with E-state index in [0.717, 1.165) is 17.1 Å². The van der Waals surface area contributed by atoms with Crippen molar-refractivity contribution in [2.75, 3.05) is 4.90 Å². The van der Waals surface area contributed by atoms with Gasteiger partial charge in [0, 0.05) is 22.5 Å². The fraction of sp³-hybridized carbons (Fsp3) is 0.0545. The zero-order chi connectivity index (χ0) is 37.6. The third-order valence-electron chi connectivity index (χ3n) is 11.7. The summed E-state index contributed by atoms with van der Waals surface area (Å²) < 4.78 is 0. The zero-order valence-corrected chi connectivity index (χ0v) is 31.7. The Morgan fingerprint density at radius 2 is 0.732 bits per heavy atom. The van der Waals surface area contributed by atoms with Gasteiger partial charge in [0.05, 0.1) is 0 Å². The van der Waals surface area contributed by atoms with Gasteiger partial charge in [0.25, 0.3) is 0 Å². The van der Waals surface area contributed by atoms with E-state index in [1.807, 2.05) is 0 Å². The van der Waals surface area contributed by atoms with E-state index in [1.165, 1.54) is 77.5 Å². The van der Waals surface area contributed by atoms with Crippen LogP contribution in [0.4, 0.5) is 17.1 Å². The van der Waals surface area contributed by atoms with Crippen LogP contribution in [0, 0.1) is 0 Å². The lowest BCUT2D eigenvalue weighted by atomic mass is 9.82. The molecule has 10 rings (SSSR count). The molecule has 1 nitrogen and oxygen atoms in total. The zero-order valence-electron chi connectivity index (χ0n) is 31.7. The van der Waals surface area contributed by atoms with E-state index in [0.29, 0.717) is 0 Å². The first-order valence-corrected chi connectivity index (χ1v) is 19.5. The van der Waals surface area contributed by atoms with Gasteiger partial charge in [-0.25, -0.2) is 0 Å². The summed E-state index contributed by atoms with van der Waals surface area (Å²) in [6, 6.07) is 77.5. The molecule has 0 spiro atoms. The molecule has 0 saturated carbocycles. The van der Waals surface area contributed by atoms with Crippen LogP contribution in [0.2, 0.25) is 0 Å². The Balaban J connectivity index is 0.969. The second kappa shape index (κ2) is 13.7. The monoisotopic (exact) mass is 715 g/mol. The Morgan fingerprint density at radius 1 is 0.286 bits per heavy atom. The van der Waals surface area contributed by atoms with Gasteiger partial charge < -0.3 is 4.90 Å². The second-order valence-electron chi connectivity index (χ2n) is 15.4. The lowest BCUT2D eigenvalue weighted by Gasteiger charge is -2.28. The highest BCUT2D eigenvalue weighted by Gasteiger charge is 2.35. The standard InChI is InChI=1S/C55H41N/c1-55(2)53-18-9-8-17-51(53)52-34-33-50(37-54(52)55)56(48-29-25-41(26-30-48)38-11-4-3-5-12-38)49-31-27-42(28-32-49)40-19-21-43(22-20-40)45-15-10-16-46(35-45)47-24-23-39-13-6-7-14-44(39)36-47/h3-37H,1-2H3. The van der Waals surface area contributed by atoms with Crippen molar-refractivity contribution in [2.45, 2.75) is 19.3 Å². The van der Waals surface area contributed by atoms with Crippen molar-refractivity contribution in [2.24, 2.45) is 0 Å². The molecular weight excluding hydrogens is 675 g/mol. The first-order valence-electron chi connectivity index (χ1n) is 19.5. The number of anilines is 3. The number of hydrogen-bond donors (Lipinski definition) is 0. The largest absolute Gasteiger partial charge is 0.310 e. The highest BCUT2D eigenvalue weighted by Crippen LogP contribution is 2.50. The summed E-state index contributed by atoms with van der Waals surface area (Å²) in [6.07, 6.45) is 0. The molecule has 0 aliphatic heterocycles. The summed E-state index contributed by atoms with van der Waals surface area (Å²) in [5.74, 6) is 0. The summed E-state index contributed by atoms with van der Waals surface area (Å²) in [5.41, 5.74) is 18.4. The van der Waals surface area contributed by atoms with Crippen molar-refractivity contribution < 1.29 is 0 Å². The van der Waals surface area contributed by atoms with Gasteiger partial charge in [-0.15, -0.1) is 0 Å². The smallest absolute Gasteiger partial charge is 0.0465 e. The van der Waals surface area contributed by atoms with Gasteiger partial charge in [-0.05, 0) is 126 Å². The first kappa shape index (κ1) is 33.6. The minimum atomic E-state index is -0.0848. The Bertz CT molecular complexity index is 2850. The van der Waals surface area contributed by atoms with E-state index in [1.54, 1.807) is 0 Å². The molecule has 0 bridgehead atoms. The molecule has 0 aromatic heterocycles. The minimum absolute atomic E-state index is 0.0848. The molecule has 0 N–H and O–H groups in total. The Hall–Kier alpha value is -6.96. The van der Waals surface area contributed by atoms with E-state index < -0.39 is 0 Å². The van der Waals surface area contributed by atoms with E-state index in [4.69, 9.17) is 0 Å². The molecule has 266 valence electrons. The summed E-state index contributed by atoms with van der Waals surface area (Å²) in [5, 5.41) is 2.52. The highest BCUT2D eigenvalue weighted by atomic mass is 15.1. The molecule has 9 aromatic carbocycles. The van der Waals surface area contributed by atoms with Crippen LogP contribution in [-0.2, 0) is 5.41 Å². The summed E-state index contributed by atoms with van der Waals surface area (Å²) in [4.78, 5) is 2.39. The lowest BCUT2D eigenvalue weighted by molar-refractivity contribution is 0.660. The van der Waals surface area contributed by atoms with Crippen LogP contribution >= 0.6 is 0 Å². The van der Waals surface area contributed by atoms with Gasteiger partial charge in [0.15, 0.2) is 0 Å². The van der Waals surface area contributed by atoms with E-state index in [-0.39, 0.29) is 5.41 Å². The Labute approximate surface area is 329 Å². The van der Waals surface area contributed by atoms with Crippen molar-refractivity contribution >= 4 is 27.8 Å². The summed E-state index contributed by atoms with van der Waals surface area (Å²) >= 11 is 0. The maximum Gasteiger partial charge on any atom is 0.0465 e. The summed E-state index contributed by atoms with van der Waals surface area (Å²) in [6.45, 7) is 4.70. The molecule has 0 saturated heterocycles. The van der Waals surface area contributed by atoms with Gasteiger partial charge in [0.2, 0.25) is 0 Å². The van der Waals surface area contributed by atoms with Crippen molar-refractivity contribution in [3.8, 4) is 55.6 Å². The number of hydrogen-bond acceptors (Lipinski definition) is 1. The van der Waals surface area contributed by atoms with Crippen molar-refractivity contribution in [1.29, 1.82) is 0 Å². The molecule has 1 aliphatic rings. The van der Waals surface area contributed by atoms with Crippen LogP contribution in [0.25, 0.3) is 66.4 Å². The number of benzene rings is 9. The average Bonchev–Trinajstić information content (AvgIpc) is 3.50. The number of fused-ring (bicyclic) bond motifs is 4. The molecule has 1 aliphatic carbocycles. The van der Waals surface area contributed by atoms with Crippen LogP contribution in [0.1, 0.15) is 25.0 Å². The van der Waals surface area contributed by atoms with Crippen LogP contribution in [-0.4, -0.2) is 0 Å². The first-order chi connectivity index (χ1) is 27.5. The number of rotatable bonds is 7. The van der Waals surface area contributed by atoms with Gasteiger partial charge in [0.1, 0.15) is 0 Å². The number of nitrogens with zero attached hydrogens (tertiary/aromatic N) is 1. The van der Waals surface area contributed by atoms with Gasteiger partial charge in [-0.1, -0.05) is 178 Å². The Morgan fingerprint density at radius 3 is 1.41 bits per heavy atom. The molecular formula is C55H41N. The minimum Gasteiger partial charge on any atom is -0.310 e. The van der Waals surface area contributed by atoms with E-state index in [9.17, 15) is 0 Å². The molecule has 9 aromatic rings. The van der Waals surface area contributed by atoms with Crippen molar-refractivity contribution in [1.82, 2.24) is 0 Å². The SMILES string of the molecule is CC1(C)c2ccccc2-c2ccc(N(c3ccc(-c4ccccc4)cc3)c3ccc(-c4ccc(-c5cccc(-c6ccc7ccccc7c6)c5)cc4)cc3)cc21. The third kappa shape index (κ3) is 5.99. The molecule has 0 heterocycles. The van der Waals surface area contributed by atoms with E-state index in [2.05, 4.69) is 231 Å². The van der Waals surface area contributed by atoms with Crippen LogP contribution in [0.3, 0.4) is 0 Å². The molecule has 0 unspecified atom stereocenters. The predicted octanol–water partition coefficient (Wildman–Crippen LogP) is 15.3. The second-order valence-corrected chi connectivity index (χ2v) is 15.4. The normalized spacial score (nSPS) is 12.6. The van der Waals surface area contributed by atoms with E-state index >= 15 is 0 Å². The molecule has 1 heteroatoms. The quantitative estimate of drug-likeness (QED) is 0.159. The Kier molecular flexibility index (Phi) is 8.23. The van der Waals surface area contributed by atoms with Crippen molar-refractivity contribution in [3.63, 3.8) is 0 Å². The van der Waals surface area contributed by atoms with Gasteiger partial charge in [-0.2, -0.15) is 0 Å². The fourth-order valence-electron chi connectivity index (χ4n) is 8.62. The maximum absolute atomic E-state index is 2.40. The molecule has 0 atom stereocenters. The predicted molar refractivity (Wildman–Crippen MR) is 238 cm³/mol. The van der Waals surface area contributed by atoms with Gasteiger partial charge >= 0.3 is 0 Å². The molecule has 0 fully saturated rings. The third-order valence-corrected chi connectivity index (χ3v) is 11.7. The fourth-order valence-corrected chi connectivity index (χ4v) is 8.62. The molecule has 0 amide bonds. The maximum atomic E-state index is 2.40. The summed E-state index contributed by atoms with van der Waals surface area (Å²) in [7, 11) is 0. The van der Waals surface area contributed by atoms with Crippen LogP contribution < -0.4 is 4.90 Å². The van der Waals surface area contributed by atoms with Crippen molar-refractivity contribution in [3.05, 3.63) is 223 Å². The lowest BCUT2D eigenvalue weighted by Crippen LogP contribution is -2.16. The molecule has 0 radical (unpaired) electrons. The average molecular weight is 716 g/mol. The van der Waals surface area contributed by atoms with Crippen LogP contribution in [0.5, 0.6) is 0 Å². The van der Waals surface area contributed by atoms with Crippen LogP contribution in [0.15, 0.2) is 212 Å². The topological polar surface area (TPSA) is 3.24 Å². The highest BCUT2D eigenvalue weighted by molar-refractivity contribution is 5.89. The molecule has 56 heavy (non-hydrogen) atoms.